The van der Waals surface area contributed by atoms with Gasteiger partial charge in [0.1, 0.15) is 6.54 Å². The van der Waals surface area contributed by atoms with Gasteiger partial charge in [-0.15, -0.1) is 0 Å². The van der Waals surface area contributed by atoms with Gasteiger partial charge >= 0.3 is 5.97 Å². The average molecular weight is 461 g/mol. The number of aryl methyl sites for hydroxylation is 2. The number of nitrogens with one attached hydrogen (secondary N) is 1. The van der Waals surface area contributed by atoms with Crippen LogP contribution in [0.25, 0.3) is 0 Å². The molecule has 2 amide bonds. The van der Waals surface area contributed by atoms with Crippen molar-refractivity contribution < 1.29 is 19.1 Å². The molecule has 1 N–H and O–H groups in total. The zero-order valence-corrected chi connectivity index (χ0v) is 19.5. The highest BCUT2D eigenvalue weighted by molar-refractivity contribution is 7.99. The fraction of sp³-hybridized carbons (Fsp3) is 0.192. The minimum atomic E-state index is -0.473. The summed E-state index contributed by atoms with van der Waals surface area (Å²) in [6.07, 6.45) is 0. The van der Waals surface area contributed by atoms with E-state index in [2.05, 4.69) is 5.32 Å². The van der Waals surface area contributed by atoms with Crippen molar-refractivity contribution in [1.82, 2.24) is 0 Å². The maximum Gasteiger partial charge on any atom is 0.338 e. The molecule has 0 fully saturated rings. The van der Waals surface area contributed by atoms with Gasteiger partial charge in [-0.1, -0.05) is 42.1 Å². The molecule has 168 valence electrons. The summed E-state index contributed by atoms with van der Waals surface area (Å²) in [5.41, 5.74) is 3.96. The van der Waals surface area contributed by atoms with Crippen LogP contribution in [-0.4, -0.2) is 30.9 Å². The van der Waals surface area contributed by atoms with E-state index in [1.165, 1.54) is 16.7 Å². The molecule has 7 heteroatoms. The van der Waals surface area contributed by atoms with Crippen LogP contribution in [0.2, 0.25) is 0 Å². The molecule has 1 aliphatic heterocycles. The summed E-state index contributed by atoms with van der Waals surface area (Å²) in [7, 11) is 0. The SMILES string of the molecule is CCOC(=O)c1ccc2c(c1)N(CC(=O)Nc1c(C)cccc1C)C(=O)c1ccccc1S2. The molecule has 1 aliphatic rings. The molecular formula is C26H24N2O4S. The first kappa shape index (κ1) is 22.6. The quantitative estimate of drug-likeness (QED) is 0.528. The monoisotopic (exact) mass is 460 g/mol. The third-order valence-electron chi connectivity index (χ3n) is 5.39. The lowest BCUT2D eigenvalue weighted by molar-refractivity contribution is -0.114. The van der Waals surface area contributed by atoms with Crippen molar-refractivity contribution in [3.63, 3.8) is 0 Å². The predicted octanol–water partition coefficient (Wildman–Crippen LogP) is 5.23. The van der Waals surface area contributed by atoms with Crippen molar-refractivity contribution in [2.24, 2.45) is 0 Å². The number of hydrogen-bond donors (Lipinski definition) is 1. The maximum atomic E-state index is 13.5. The van der Waals surface area contributed by atoms with E-state index >= 15 is 0 Å². The zero-order chi connectivity index (χ0) is 23.5. The van der Waals surface area contributed by atoms with Crippen LogP contribution in [0.4, 0.5) is 11.4 Å². The van der Waals surface area contributed by atoms with Crippen LogP contribution >= 0.6 is 11.8 Å². The summed E-state index contributed by atoms with van der Waals surface area (Å²) >= 11 is 1.43. The molecule has 33 heavy (non-hydrogen) atoms. The van der Waals surface area contributed by atoms with Crippen LogP contribution < -0.4 is 10.2 Å². The maximum absolute atomic E-state index is 13.5. The molecule has 4 rings (SSSR count). The highest BCUT2D eigenvalue weighted by atomic mass is 32.2. The van der Waals surface area contributed by atoms with E-state index in [0.29, 0.717) is 16.8 Å². The molecular weight excluding hydrogens is 436 g/mol. The standard InChI is InChI=1S/C26H24N2O4S/c1-4-32-26(31)18-12-13-22-20(14-18)28(25(30)19-10-5-6-11-21(19)33-22)15-23(29)27-24-16(2)8-7-9-17(24)3/h5-14H,4,15H2,1-3H3,(H,27,29). The van der Waals surface area contributed by atoms with E-state index in [-0.39, 0.29) is 25.0 Å². The van der Waals surface area contributed by atoms with Gasteiger partial charge in [0.15, 0.2) is 0 Å². The minimum absolute atomic E-state index is 0.194. The van der Waals surface area contributed by atoms with Crippen LogP contribution in [0.5, 0.6) is 0 Å². The van der Waals surface area contributed by atoms with Crippen molar-refractivity contribution in [2.75, 3.05) is 23.4 Å². The van der Waals surface area contributed by atoms with E-state index in [9.17, 15) is 14.4 Å². The van der Waals surface area contributed by atoms with Crippen LogP contribution in [0.3, 0.4) is 0 Å². The van der Waals surface area contributed by atoms with Gasteiger partial charge in [-0.05, 0) is 62.2 Å². The molecule has 0 unspecified atom stereocenters. The van der Waals surface area contributed by atoms with Crippen molar-refractivity contribution in [3.05, 3.63) is 82.9 Å². The lowest BCUT2D eigenvalue weighted by Crippen LogP contribution is -2.38. The predicted molar refractivity (Wildman–Crippen MR) is 129 cm³/mol. The molecule has 0 aromatic heterocycles. The number of fused-ring (bicyclic) bond motifs is 2. The lowest BCUT2D eigenvalue weighted by atomic mass is 10.1. The Morgan fingerprint density at radius 1 is 0.970 bits per heavy atom. The van der Waals surface area contributed by atoms with E-state index < -0.39 is 5.97 Å². The van der Waals surface area contributed by atoms with Gasteiger partial charge in [0.25, 0.3) is 5.91 Å². The summed E-state index contributed by atoms with van der Waals surface area (Å²) in [6, 6.07) is 18.2. The highest BCUT2D eigenvalue weighted by Crippen LogP contribution is 2.41. The number of rotatable bonds is 5. The first-order valence-corrected chi connectivity index (χ1v) is 11.5. The molecule has 1 heterocycles. The third-order valence-corrected chi connectivity index (χ3v) is 6.53. The highest BCUT2D eigenvalue weighted by Gasteiger charge is 2.30. The number of esters is 1. The van der Waals surface area contributed by atoms with Crippen LogP contribution in [-0.2, 0) is 9.53 Å². The van der Waals surface area contributed by atoms with Crippen LogP contribution in [0, 0.1) is 13.8 Å². The average Bonchev–Trinajstić information content (AvgIpc) is 2.91. The molecule has 3 aromatic carbocycles. The number of carbonyl (C=O) groups is 3. The smallest absolute Gasteiger partial charge is 0.338 e. The van der Waals surface area contributed by atoms with E-state index in [1.807, 2.05) is 44.2 Å². The molecule has 0 saturated carbocycles. The number of anilines is 2. The Kier molecular flexibility index (Phi) is 6.51. The van der Waals surface area contributed by atoms with Crippen molar-refractivity contribution in [2.45, 2.75) is 30.6 Å². The van der Waals surface area contributed by atoms with Crippen molar-refractivity contribution >= 4 is 40.9 Å². The van der Waals surface area contributed by atoms with Gasteiger partial charge in [0.2, 0.25) is 5.91 Å². The minimum Gasteiger partial charge on any atom is -0.462 e. The van der Waals surface area contributed by atoms with E-state index in [0.717, 1.165) is 26.6 Å². The normalized spacial score (nSPS) is 12.5. The molecule has 3 aromatic rings. The topological polar surface area (TPSA) is 75.7 Å². The largest absolute Gasteiger partial charge is 0.462 e. The fourth-order valence-electron chi connectivity index (χ4n) is 3.75. The number of benzene rings is 3. The number of hydrogen-bond acceptors (Lipinski definition) is 5. The van der Waals surface area contributed by atoms with E-state index in [1.54, 1.807) is 37.3 Å². The second kappa shape index (κ2) is 9.50. The van der Waals surface area contributed by atoms with Crippen LogP contribution in [0.1, 0.15) is 38.8 Å². The second-order valence-corrected chi connectivity index (χ2v) is 8.79. The van der Waals surface area contributed by atoms with Gasteiger partial charge in [-0.25, -0.2) is 4.79 Å². The molecule has 0 atom stereocenters. The number of ether oxygens (including phenoxy) is 1. The van der Waals surface area contributed by atoms with Gasteiger partial charge < -0.3 is 10.1 Å². The van der Waals surface area contributed by atoms with Crippen molar-refractivity contribution in [3.8, 4) is 0 Å². The molecule has 0 radical (unpaired) electrons. The Hall–Kier alpha value is -3.58. The first-order valence-electron chi connectivity index (χ1n) is 10.6. The third kappa shape index (κ3) is 4.64. The Bertz CT molecular complexity index is 1230. The Labute approximate surface area is 196 Å². The number of carbonyl (C=O) groups excluding carboxylic acids is 3. The summed E-state index contributed by atoms with van der Waals surface area (Å²) in [5, 5.41) is 2.95. The van der Waals surface area contributed by atoms with Gasteiger partial charge in [0, 0.05) is 15.5 Å². The second-order valence-electron chi connectivity index (χ2n) is 7.71. The Morgan fingerprint density at radius 3 is 2.42 bits per heavy atom. The Balaban J connectivity index is 1.73. The fourth-order valence-corrected chi connectivity index (χ4v) is 4.81. The molecule has 0 spiro atoms. The molecule has 0 saturated heterocycles. The molecule has 6 nitrogen and oxygen atoms in total. The summed E-state index contributed by atoms with van der Waals surface area (Å²) < 4.78 is 5.13. The van der Waals surface area contributed by atoms with Gasteiger partial charge in [-0.2, -0.15) is 0 Å². The van der Waals surface area contributed by atoms with Crippen LogP contribution in [0.15, 0.2) is 70.5 Å². The lowest BCUT2D eigenvalue weighted by Gasteiger charge is -2.23. The zero-order valence-electron chi connectivity index (χ0n) is 18.7. The van der Waals surface area contributed by atoms with Crippen molar-refractivity contribution in [1.29, 1.82) is 0 Å². The Morgan fingerprint density at radius 2 is 1.70 bits per heavy atom. The van der Waals surface area contributed by atoms with Gasteiger partial charge in [-0.3, -0.25) is 14.5 Å². The number of nitrogens with zero attached hydrogens (tertiary/aromatic N) is 1. The molecule has 0 aliphatic carbocycles. The summed E-state index contributed by atoms with van der Waals surface area (Å²) in [5.74, 6) is -1.09. The number of para-hydroxylation sites is 1. The first-order chi connectivity index (χ1) is 15.9. The summed E-state index contributed by atoms with van der Waals surface area (Å²) in [6.45, 7) is 5.64. The van der Waals surface area contributed by atoms with Gasteiger partial charge in [0.05, 0.1) is 23.4 Å². The van der Waals surface area contributed by atoms with E-state index in [4.69, 9.17) is 4.74 Å². The summed E-state index contributed by atoms with van der Waals surface area (Å²) in [4.78, 5) is 42.0. The number of amides is 2. The molecule has 0 bridgehead atoms.